The normalized spacial score (nSPS) is 21.7. The summed E-state index contributed by atoms with van der Waals surface area (Å²) in [6.07, 6.45) is 0.906. The van der Waals surface area contributed by atoms with Crippen molar-refractivity contribution >= 4 is 41.5 Å². The molecule has 0 aromatic carbocycles. The Morgan fingerprint density at radius 3 is 2.67 bits per heavy atom. The molecule has 0 aliphatic carbocycles. The van der Waals surface area contributed by atoms with E-state index in [1.807, 2.05) is 7.05 Å². The van der Waals surface area contributed by atoms with Crippen LogP contribution in [0, 0.1) is 12.8 Å². The minimum absolute atomic E-state index is 0. The van der Waals surface area contributed by atoms with Crippen LogP contribution in [0.2, 0.25) is 10.0 Å². The van der Waals surface area contributed by atoms with Gasteiger partial charge in [-0.2, -0.15) is 0 Å². The van der Waals surface area contributed by atoms with Crippen molar-refractivity contribution in [2.75, 3.05) is 26.7 Å². The maximum Gasteiger partial charge on any atom is 0.269 e. The van der Waals surface area contributed by atoms with Crippen LogP contribution in [0.3, 0.4) is 0 Å². The predicted molar refractivity (Wildman–Crippen MR) is 89.0 cm³/mol. The lowest BCUT2D eigenvalue weighted by Crippen LogP contribution is -2.52. The number of carbonyl (C=O) groups excluding carboxylic acids is 1. The SMILES string of the molecule is CNC[C@@H]1CNCC[C@@H]1NC(=O)c1[nH]c(C)c(Cl)c1Cl.Cl. The quantitative estimate of drug-likeness (QED) is 0.667. The van der Waals surface area contributed by atoms with Gasteiger partial charge in [0.25, 0.3) is 5.91 Å². The average Bonchev–Trinajstić information content (AvgIpc) is 2.69. The fourth-order valence-electron chi connectivity index (χ4n) is 2.56. The molecule has 1 saturated heterocycles. The van der Waals surface area contributed by atoms with Gasteiger partial charge in [0.2, 0.25) is 0 Å². The van der Waals surface area contributed by atoms with Crippen molar-refractivity contribution in [1.29, 1.82) is 0 Å². The van der Waals surface area contributed by atoms with Gasteiger partial charge in [0.1, 0.15) is 5.69 Å². The molecule has 1 amide bonds. The van der Waals surface area contributed by atoms with Gasteiger partial charge in [0, 0.05) is 30.7 Å². The third-order valence-corrected chi connectivity index (χ3v) is 4.62. The number of hydrogen-bond donors (Lipinski definition) is 4. The number of hydrogen-bond acceptors (Lipinski definition) is 3. The maximum atomic E-state index is 12.3. The van der Waals surface area contributed by atoms with E-state index >= 15 is 0 Å². The van der Waals surface area contributed by atoms with Crippen molar-refractivity contribution in [3.8, 4) is 0 Å². The van der Waals surface area contributed by atoms with E-state index < -0.39 is 0 Å². The van der Waals surface area contributed by atoms with Crippen molar-refractivity contribution in [3.05, 3.63) is 21.4 Å². The minimum Gasteiger partial charge on any atom is -0.352 e. The largest absolute Gasteiger partial charge is 0.352 e. The summed E-state index contributed by atoms with van der Waals surface area (Å²) >= 11 is 12.1. The summed E-state index contributed by atoms with van der Waals surface area (Å²) in [5, 5.41) is 10.3. The molecule has 1 aromatic heterocycles. The van der Waals surface area contributed by atoms with Crippen molar-refractivity contribution < 1.29 is 4.79 Å². The number of nitrogens with one attached hydrogen (secondary N) is 4. The third kappa shape index (κ3) is 4.27. The topological polar surface area (TPSA) is 68.9 Å². The van der Waals surface area contributed by atoms with E-state index in [2.05, 4.69) is 20.9 Å². The molecule has 0 bridgehead atoms. The van der Waals surface area contributed by atoms with E-state index in [9.17, 15) is 4.79 Å². The first-order valence-electron chi connectivity index (χ1n) is 6.74. The lowest BCUT2D eigenvalue weighted by Gasteiger charge is -2.32. The van der Waals surface area contributed by atoms with Crippen LogP contribution in [0.5, 0.6) is 0 Å². The molecule has 1 aliphatic heterocycles. The molecule has 0 unspecified atom stereocenters. The molecule has 4 N–H and O–H groups in total. The maximum absolute atomic E-state index is 12.3. The molecule has 21 heavy (non-hydrogen) atoms. The molecule has 2 heterocycles. The third-order valence-electron chi connectivity index (χ3n) is 3.67. The van der Waals surface area contributed by atoms with Gasteiger partial charge in [-0.1, -0.05) is 23.2 Å². The van der Waals surface area contributed by atoms with Crippen LogP contribution in [-0.2, 0) is 0 Å². The Labute approximate surface area is 140 Å². The monoisotopic (exact) mass is 354 g/mol. The first kappa shape index (κ1) is 18.6. The average molecular weight is 356 g/mol. The first-order valence-corrected chi connectivity index (χ1v) is 7.50. The number of halogens is 3. The molecule has 0 spiro atoms. The van der Waals surface area contributed by atoms with Gasteiger partial charge in [-0.15, -0.1) is 12.4 Å². The number of aromatic nitrogens is 1. The summed E-state index contributed by atoms with van der Waals surface area (Å²) in [5.74, 6) is 0.168. The zero-order chi connectivity index (χ0) is 14.7. The summed E-state index contributed by atoms with van der Waals surface area (Å²) in [7, 11) is 1.92. The van der Waals surface area contributed by atoms with Crippen LogP contribution in [-0.4, -0.2) is 43.6 Å². The van der Waals surface area contributed by atoms with E-state index in [0.29, 0.717) is 27.4 Å². The predicted octanol–water partition coefficient (Wildman–Crippen LogP) is 1.98. The number of H-pyrrole nitrogens is 1. The molecule has 5 nitrogen and oxygen atoms in total. The van der Waals surface area contributed by atoms with Crippen LogP contribution >= 0.6 is 35.6 Å². The highest BCUT2D eigenvalue weighted by Gasteiger charge is 2.27. The number of rotatable bonds is 4. The van der Waals surface area contributed by atoms with Gasteiger partial charge in [0.15, 0.2) is 0 Å². The Balaban J connectivity index is 0.00000220. The highest BCUT2D eigenvalue weighted by molar-refractivity contribution is 6.44. The van der Waals surface area contributed by atoms with Crippen molar-refractivity contribution in [2.45, 2.75) is 19.4 Å². The number of aromatic amines is 1. The Morgan fingerprint density at radius 1 is 1.38 bits per heavy atom. The first-order chi connectivity index (χ1) is 9.54. The number of aryl methyl sites for hydroxylation is 1. The molecule has 0 radical (unpaired) electrons. The van der Waals surface area contributed by atoms with Gasteiger partial charge in [-0.3, -0.25) is 4.79 Å². The van der Waals surface area contributed by atoms with E-state index in [-0.39, 0.29) is 24.4 Å². The molecular formula is C13H21Cl3N4O. The molecule has 120 valence electrons. The summed E-state index contributed by atoms with van der Waals surface area (Å²) in [6.45, 7) is 4.45. The fourth-order valence-corrected chi connectivity index (χ4v) is 2.97. The summed E-state index contributed by atoms with van der Waals surface area (Å²) in [5.41, 5.74) is 1.05. The van der Waals surface area contributed by atoms with Gasteiger partial charge in [-0.25, -0.2) is 0 Å². The van der Waals surface area contributed by atoms with E-state index in [0.717, 1.165) is 26.1 Å². The molecule has 0 saturated carbocycles. The highest BCUT2D eigenvalue weighted by Crippen LogP contribution is 2.29. The number of carbonyl (C=O) groups is 1. The number of piperidine rings is 1. The van der Waals surface area contributed by atoms with Crippen LogP contribution in [0.25, 0.3) is 0 Å². The molecule has 1 fully saturated rings. The van der Waals surface area contributed by atoms with Crippen LogP contribution in [0.4, 0.5) is 0 Å². The zero-order valence-corrected chi connectivity index (χ0v) is 14.4. The Hall–Kier alpha value is -0.460. The highest BCUT2D eigenvalue weighted by atomic mass is 35.5. The molecule has 2 atom stereocenters. The fraction of sp³-hybridized carbons (Fsp3) is 0.615. The summed E-state index contributed by atoms with van der Waals surface area (Å²) in [4.78, 5) is 15.3. The molecular weight excluding hydrogens is 335 g/mol. The minimum atomic E-state index is -0.196. The van der Waals surface area contributed by atoms with Gasteiger partial charge >= 0.3 is 0 Å². The van der Waals surface area contributed by atoms with E-state index in [4.69, 9.17) is 23.2 Å². The van der Waals surface area contributed by atoms with E-state index in [1.54, 1.807) is 6.92 Å². The zero-order valence-electron chi connectivity index (χ0n) is 12.1. The Kier molecular flexibility index (Phi) is 7.30. The second-order valence-corrected chi connectivity index (χ2v) is 5.90. The second kappa shape index (κ2) is 8.25. The summed E-state index contributed by atoms with van der Waals surface area (Å²) in [6, 6.07) is 0.134. The van der Waals surface area contributed by atoms with Gasteiger partial charge in [0.05, 0.1) is 10.0 Å². The molecule has 1 aromatic rings. The summed E-state index contributed by atoms with van der Waals surface area (Å²) < 4.78 is 0. The van der Waals surface area contributed by atoms with Crippen molar-refractivity contribution in [1.82, 2.24) is 20.9 Å². The van der Waals surface area contributed by atoms with Gasteiger partial charge in [-0.05, 0) is 26.9 Å². The van der Waals surface area contributed by atoms with Crippen molar-refractivity contribution in [3.63, 3.8) is 0 Å². The number of amides is 1. The van der Waals surface area contributed by atoms with Crippen molar-refractivity contribution in [2.24, 2.45) is 5.92 Å². The Morgan fingerprint density at radius 2 is 2.10 bits per heavy atom. The molecule has 8 heteroatoms. The lowest BCUT2D eigenvalue weighted by molar-refractivity contribution is 0.0906. The lowest BCUT2D eigenvalue weighted by atomic mass is 9.93. The van der Waals surface area contributed by atoms with Gasteiger partial charge < -0.3 is 20.9 Å². The Bertz CT molecular complexity index is 490. The van der Waals surface area contributed by atoms with Crippen LogP contribution < -0.4 is 16.0 Å². The molecule has 1 aliphatic rings. The van der Waals surface area contributed by atoms with Crippen LogP contribution in [0.15, 0.2) is 0 Å². The van der Waals surface area contributed by atoms with E-state index in [1.165, 1.54) is 0 Å². The second-order valence-electron chi connectivity index (χ2n) is 5.14. The van der Waals surface area contributed by atoms with Crippen LogP contribution in [0.1, 0.15) is 22.6 Å². The smallest absolute Gasteiger partial charge is 0.269 e. The molecule has 2 rings (SSSR count). The standard InChI is InChI=1S/C13H20Cl2N4O.ClH/c1-7-10(14)11(15)12(18-7)13(20)19-9-3-4-17-6-8(9)5-16-2;/h8-9,16-18H,3-6H2,1-2H3,(H,19,20);1H/t8-,9+;/m1./s1.